The first-order valence-corrected chi connectivity index (χ1v) is 6.88. The summed E-state index contributed by atoms with van der Waals surface area (Å²) in [5, 5.41) is 0.461. The topological polar surface area (TPSA) is 35.0 Å². The van der Waals surface area contributed by atoms with Gasteiger partial charge in [0.2, 0.25) is 0 Å². The van der Waals surface area contributed by atoms with Gasteiger partial charge in [-0.1, -0.05) is 11.6 Å². The zero-order valence-corrected chi connectivity index (χ0v) is 13.2. The molecule has 0 aliphatic heterocycles. The van der Waals surface area contributed by atoms with Crippen LogP contribution in [0.3, 0.4) is 0 Å². The predicted molar refractivity (Wildman–Crippen MR) is 79.4 cm³/mol. The fourth-order valence-corrected chi connectivity index (χ4v) is 2.22. The Hall–Kier alpha value is -0.400. The standard InChI is InChI=1S/C11H7BrClIN2O/c1-17-9-3-2-6(4-7(9)12)11-15-5-8(14)10(13)16-11/h2-5H,1H3. The summed E-state index contributed by atoms with van der Waals surface area (Å²) in [4.78, 5) is 8.47. The van der Waals surface area contributed by atoms with Gasteiger partial charge in [0.15, 0.2) is 5.82 Å². The number of hydrogen-bond acceptors (Lipinski definition) is 3. The van der Waals surface area contributed by atoms with Crippen LogP contribution in [0.1, 0.15) is 0 Å². The molecule has 0 spiro atoms. The van der Waals surface area contributed by atoms with Crippen LogP contribution in [0.2, 0.25) is 5.15 Å². The van der Waals surface area contributed by atoms with E-state index in [2.05, 4.69) is 48.5 Å². The van der Waals surface area contributed by atoms with Crippen molar-refractivity contribution in [3.63, 3.8) is 0 Å². The maximum atomic E-state index is 5.97. The average molecular weight is 425 g/mol. The Morgan fingerprint density at radius 1 is 1.41 bits per heavy atom. The molecule has 0 saturated heterocycles. The first-order valence-electron chi connectivity index (χ1n) is 4.64. The molecule has 88 valence electrons. The van der Waals surface area contributed by atoms with Crippen molar-refractivity contribution in [1.29, 1.82) is 0 Å². The van der Waals surface area contributed by atoms with Gasteiger partial charge in [-0.3, -0.25) is 0 Å². The lowest BCUT2D eigenvalue weighted by molar-refractivity contribution is 0.412. The lowest BCUT2D eigenvalue weighted by Crippen LogP contribution is -1.92. The molecule has 1 aromatic heterocycles. The molecule has 0 fully saturated rings. The molecule has 0 unspecified atom stereocenters. The average Bonchev–Trinajstić information content (AvgIpc) is 2.32. The van der Waals surface area contributed by atoms with E-state index in [4.69, 9.17) is 16.3 Å². The summed E-state index contributed by atoms with van der Waals surface area (Å²) in [5.74, 6) is 1.36. The molecule has 0 aliphatic rings. The Morgan fingerprint density at radius 3 is 2.76 bits per heavy atom. The molecule has 0 amide bonds. The molecular weight excluding hydrogens is 418 g/mol. The second kappa shape index (κ2) is 5.49. The third-order valence-corrected chi connectivity index (χ3v) is 4.13. The number of methoxy groups -OCH3 is 1. The number of rotatable bonds is 2. The summed E-state index contributed by atoms with van der Waals surface area (Å²) in [6.45, 7) is 0. The number of halogens is 3. The van der Waals surface area contributed by atoms with E-state index in [1.54, 1.807) is 13.3 Å². The third-order valence-electron chi connectivity index (χ3n) is 2.11. The molecule has 3 nitrogen and oxygen atoms in total. The Kier molecular flexibility index (Phi) is 4.22. The summed E-state index contributed by atoms with van der Waals surface area (Å²) < 4.78 is 6.85. The minimum Gasteiger partial charge on any atom is -0.496 e. The Morgan fingerprint density at radius 2 is 2.18 bits per heavy atom. The smallest absolute Gasteiger partial charge is 0.160 e. The molecule has 0 saturated carbocycles. The van der Waals surface area contributed by atoms with Crippen molar-refractivity contribution < 1.29 is 4.74 Å². The maximum absolute atomic E-state index is 5.97. The fourth-order valence-electron chi connectivity index (χ4n) is 1.29. The van der Waals surface area contributed by atoms with Gasteiger partial charge in [-0.15, -0.1) is 0 Å². The molecule has 17 heavy (non-hydrogen) atoms. The molecule has 0 bridgehead atoms. The molecule has 1 aromatic carbocycles. The van der Waals surface area contributed by atoms with E-state index >= 15 is 0 Å². The number of nitrogens with zero attached hydrogens (tertiary/aromatic N) is 2. The second-order valence-electron chi connectivity index (χ2n) is 3.18. The van der Waals surface area contributed by atoms with Gasteiger partial charge in [0, 0.05) is 11.8 Å². The summed E-state index contributed by atoms with van der Waals surface area (Å²) in [7, 11) is 1.62. The van der Waals surface area contributed by atoms with E-state index in [1.165, 1.54) is 0 Å². The van der Waals surface area contributed by atoms with Gasteiger partial charge >= 0.3 is 0 Å². The van der Waals surface area contributed by atoms with Crippen LogP contribution < -0.4 is 4.74 Å². The van der Waals surface area contributed by atoms with Gasteiger partial charge in [0.05, 0.1) is 15.2 Å². The summed E-state index contributed by atoms with van der Waals surface area (Å²) in [6, 6.07) is 5.65. The first kappa shape index (κ1) is 13.0. The number of hydrogen-bond donors (Lipinski definition) is 0. The van der Waals surface area contributed by atoms with Crippen LogP contribution in [0.4, 0.5) is 0 Å². The molecule has 0 radical (unpaired) electrons. The van der Waals surface area contributed by atoms with Crippen molar-refractivity contribution in [2.24, 2.45) is 0 Å². The predicted octanol–water partition coefficient (Wildman–Crippen LogP) is 4.17. The Balaban J connectivity index is 2.46. The van der Waals surface area contributed by atoms with Crippen molar-refractivity contribution in [1.82, 2.24) is 9.97 Å². The molecule has 6 heteroatoms. The van der Waals surface area contributed by atoms with E-state index in [9.17, 15) is 0 Å². The highest BCUT2D eigenvalue weighted by molar-refractivity contribution is 14.1. The molecule has 0 aliphatic carbocycles. The van der Waals surface area contributed by atoms with Crippen LogP contribution in [0.5, 0.6) is 5.75 Å². The van der Waals surface area contributed by atoms with Crippen molar-refractivity contribution in [2.75, 3.05) is 7.11 Å². The quantitative estimate of drug-likeness (QED) is 0.535. The minimum atomic E-state index is 0.461. The largest absolute Gasteiger partial charge is 0.496 e. The van der Waals surface area contributed by atoms with Crippen LogP contribution in [-0.2, 0) is 0 Å². The molecule has 2 aromatic rings. The van der Waals surface area contributed by atoms with Crippen LogP contribution in [0, 0.1) is 3.57 Å². The number of aromatic nitrogens is 2. The summed E-state index contributed by atoms with van der Waals surface area (Å²) in [5.41, 5.74) is 0.885. The normalized spacial score (nSPS) is 10.4. The van der Waals surface area contributed by atoms with Gasteiger partial charge in [-0.2, -0.15) is 0 Å². The lowest BCUT2D eigenvalue weighted by atomic mass is 10.2. The van der Waals surface area contributed by atoms with Crippen molar-refractivity contribution in [3.8, 4) is 17.1 Å². The lowest BCUT2D eigenvalue weighted by Gasteiger charge is -2.06. The van der Waals surface area contributed by atoms with Gasteiger partial charge < -0.3 is 4.74 Å². The van der Waals surface area contributed by atoms with Gasteiger partial charge in [0.1, 0.15) is 10.9 Å². The Labute approximate surface area is 126 Å². The number of ether oxygens (including phenoxy) is 1. The zero-order valence-electron chi connectivity index (χ0n) is 8.75. The van der Waals surface area contributed by atoms with Crippen LogP contribution in [-0.4, -0.2) is 17.1 Å². The van der Waals surface area contributed by atoms with Crippen molar-refractivity contribution in [3.05, 3.63) is 37.6 Å². The SMILES string of the molecule is COc1ccc(-c2ncc(I)c(Cl)n2)cc1Br. The highest BCUT2D eigenvalue weighted by Crippen LogP contribution is 2.29. The van der Waals surface area contributed by atoms with Crippen LogP contribution in [0.25, 0.3) is 11.4 Å². The van der Waals surface area contributed by atoms with E-state index in [0.29, 0.717) is 11.0 Å². The van der Waals surface area contributed by atoms with E-state index in [-0.39, 0.29) is 0 Å². The van der Waals surface area contributed by atoms with Crippen molar-refractivity contribution in [2.45, 2.75) is 0 Å². The molecule has 0 N–H and O–H groups in total. The van der Waals surface area contributed by atoms with Gasteiger partial charge in [0.25, 0.3) is 0 Å². The molecular formula is C11H7BrClIN2O. The van der Waals surface area contributed by atoms with Gasteiger partial charge in [-0.25, -0.2) is 9.97 Å². The summed E-state index contributed by atoms with van der Waals surface area (Å²) in [6.07, 6.45) is 1.70. The first-order chi connectivity index (χ1) is 8.11. The minimum absolute atomic E-state index is 0.461. The second-order valence-corrected chi connectivity index (χ2v) is 5.56. The van der Waals surface area contributed by atoms with E-state index in [0.717, 1.165) is 19.4 Å². The third kappa shape index (κ3) is 2.89. The molecule has 0 atom stereocenters. The Bertz CT molecular complexity index is 565. The highest BCUT2D eigenvalue weighted by Gasteiger charge is 2.07. The fraction of sp³-hybridized carbons (Fsp3) is 0.0909. The summed E-state index contributed by atoms with van der Waals surface area (Å²) >= 11 is 11.5. The monoisotopic (exact) mass is 424 g/mol. The number of benzene rings is 1. The maximum Gasteiger partial charge on any atom is 0.160 e. The molecule has 1 heterocycles. The van der Waals surface area contributed by atoms with E-state index < -0.39 is 0 Å². The van der Waals surface area contributed by atoms with Crippen molar-refractivity contribution >= 4 is 50.1 Å². The highest BCUT2D eigenvalue weighted by atomic mass is 127. The van der Waals surface area contributed by atoms with Gasteiger partial charge in [-0.05, 0) is 56.7 Å². The molecule has 2 rings (SSSR count). The van der Waals surface area contributed by atoms with Crippen LogP contribution >= 0.6 is 50.1 Å². The van der Waals surface area contributed by atoms with E-state index in [1.807, 2.05) is 18.2 Å². The van der Waals surface area contributed by atoms with Crippen LogP contribution in [0.15, 0.2) is 28.9 Å². The zero-order chi connectivity index (χ0) is 12.4.